The van der Waals surface area contributed by atoms with Crippen molar-refractivity contribution < 1.29 is 14.3 Å². The van der Waals surface area contributed by atoms with Crippen molar-refractivity contribution in [3.05, 3.63) is 120 Å². The molecule has 0 bridgehead atoms. The number of rotatable bonds is 11. The molecule has 5 N–H and O–H groups in total. The van der Waals surface area contributed by atoms with Gasteiger partial charge in [-0.25, -0.2) is 0 Å². The Morgan fingerprint density at radius 1 is 0.973 bits per heavy atom. The molecule has 0 unspecified atom stereocenters. The van der Waals surface area contributed by atoms with Crippen LogP contribution in [0.15, 0.2) is 97.2 Å². The van der Waals surface area contributed by atoms with Crippen LogP contribution in [0.3, 0.4) is 0 Å². The van der Waals surface area contributed by atoms with Gasteiger partial charge >= 0.3 is 0 Å². The van der Waals surface area contributed by atoms with Gasteiger partial charge in [-0.2, -0.15) is 0 Å². The molecule has 1 aromatic heterocycles. The molecule has 8 heteroatoms. The number of amidine groups is 1. The van der Waals surface area contributed by atoms with Crippen molar-refractivity contribution in [2.75, 3.05) is 12.4 Å². The Hall–Kier alpha value is -4.85. The minimum atomic E-state index is -0.717. The predicted molar refractivity (Wildman–Crippen MR) is 144 cm³/mol. The van der Waals surface area contributed by atoms with E-state index in [1.807, 2.05) is 54.6 Å². The molecule has 0 saturated heterocycles. The van der Waals surface area contributed by atoms with Crippen LogP contribution in [0.1, 0.15) is 28.4 Å². The third-order valence-corrected chi connectivity index (χ3v) is 5.70. The van der Waals surface area contributed by atoms with Gasteiger partial charge in [-0.1, -0.05) is 42.5 Å². The zero-order chi connectivity index (χ0) is 26.0. The summed E-state index contributed by atoms with van der Waals surface area (Å²) in [6, 6.07) is 27.1. The van der Waals surface area contributed by atoms with E-state index in [9.17, 15) is 4.79 Å². The van der Waals surface area contributed by atoms with Gasteiger partial charge in [0.25, 0.3) is 0 Å². The molecular weight excluding hydrogens is 466 g/mol. The normalized spacial score (nSPS) is 11.3. The molecule has 0 aliphatic carbocycles. The molecular formula is C29H29N5O3. The molecule has 1 amide bonds. The highest BCUT2D eigenvalue weighted by molar-refractivity contribution is 5.95. The first-order chi connectivity index (χ1) is 18.0. The predicted octanol–water partition coefficient (Wildman–Crippen LogP) is 4.42. The fourth-order valence-electron chi connectivity index (χ4n) is 3.72. The number of aromatic nitrogens is 1. The largest absolute Gasteiger partial charge is 0.493 e. The Labute approximate surface area is 216 Å². The maximum Gasteiger partial charge on any atom is 0.247 e. The molecule has 0 radical (unpaired) electrons. The van der Waals surface area contributed by atoms with E-state index < -0.39 is 6.04 Å². The van der Waals surface area contributed by atoms with E-state index in [-0.39, 0.29) is 18.3 Å². The summed E-state index contributed by atoms with van der Waals surface area (Å²) in [5.41, 5.74) is 9.38. The van der Waals surface area contributed by atoms with Crippen LogP contribution in [-0.2, 0) is 17.9 Å². The van der Waals surface area contributed by atoms with Gasteiger partial charge in [0.05, 0.1) is 12.8 Å². The van der Waals surface area contributed by atoms with E-state index in [1.165, 1.54) is 0 Å². The SMILES string of the molecule is COc1cc([C@H](Nc2ccc(C(=N)N)cc2)C(=O)NCc2ccccc2)ccc1OCc1ccccn1. The maximum absolute atomic E-state index is 13.4. The van der Waals surface area contributed by atoms with Gasteiger partial charge in [0, 0.05) is 24.0 Å². The third-order valence-electron chi connectivity index (χ3n) is 5.70. The number of carbonyl (C=O) groups excluding carboxylic acids is 1. The summed E-state index contributed by atoms with van der Waals surface area (Å²) < 4.78 is 11.5. The lowest BCUT2D eigenvalue weighted by Gasteiger charge is -2.22. The number of carbonyl (C=O) groups is 1. The first kappa shape index (κ1) is 25.2. The van der Waals surface area contributed by atoms with E-state index in [4.69, 9.17) is 20.6 Å². The van der Waals surface area contributed by atoms with E-state index in [0.29, 0.717) is 34.9 Å². The second-order valence-electron chi connectivity index (χ2n) is 8.29. The van der Waals surface area contributed by atoms with Crippen LogP contribution in [0.2, 0.25) is 0 Å². The van der Waals surface area contributed by atoms with Gasteiger partial charge in [-0.3, -0.25) is 15.2 Å². The van der Waals surface area contributed by atoms with Crippen molar-refractivity contribution in [3.8, 4) is 11.5 Å². The number of hydrogen-bond donors (Lipinski definition) is 4. The molecule has 3 aromatic carbocycles. The van der Waals surface area contributed by atoms with E-state index in [2.05, 4.69) is 15.6 Å². The van der Waals surface area contributed by atoms with Crippen LogP contribution >= 0.6 is 0 Å². The summed E-state index contributed by atoms with van der Waals surface area (Å²) in [6.07, 6.45) is 1.71. The number of amides is 1. The van der Waals surface area contributed by atoms with Crippen LogP contribution in [0.5, 0.6) is 11.5 Å². The Morgan fingerprint density at radius 2 is 1.73 bits per heavy atom. The highest BCUT2D eigenvalue weighted by Crippen LogP contribution is 2.32. The van der Waals surface area contributed by atoms with Gasteiger partial charge in [-0.15, -0.1) is 0 Å². The van der Waals surface area contributed by atoms with E-state index >= 15 is 0 Å². The van der Waals surface area contributed by atoms with E-state index in [0.717, 1.165) is 11.3 Å². The Morgan fingerprint density at radius 3 is 2.41 bits per heavy atom. The van der Waals surface area contributed by atoms with Crippen molar-refractivity contribution >= 4 is 17.4 Å². The summed E-state index contributed by atoms with van der Waals surface area (Å²) in [6.45, 7) is 0.682. The van der Waals surface area contributed by atoms with Gasteiger partial charge < -0.3 is 25.8 Å². The molecule has 0 fully saturated rings. The van der Waals surface area contributed by atoms with Crippen molar-refractivity contribution in [3.63, 3.8) is 0 Å². The number of pyridine rings is 1. The van der Waals surface area contributed by atoms with Gasteiger partial charge in [0.1, 0.15) is 18.5 Å². The lowest BCUT2D eigenvalue weighted by molar-refractivity contribution is -0.122. The lowest BCUT2D eigenvalue weighted by atomic mass is 10.0. The highest BCUT2D eigenvalue weighted by Gasteiger charge is 2.22. The Balaban J connectivity index is 1.57. The molecule has 8 nitrogen and oxygen atoms in total. The van der Waals surface area contributed by atoms with Crippen LogP contribution in [-0.4, -0.2) is 23.8 Å². The fourth-order valence-corrected chi connectivity index (χ4v) is 3.72. The second kappa shape index (κ2) is 12.2. The Kier molecular flexibility index (Phi) is 8.33. The quantitative estimate of drug-likeness (QED) is 0.180. The number of methoxy groups -OCH3 is 1. The number of benzene rings is 3. The number of nitrogen functional groups attached to an aromatic ring is 1. The number of anilines is 1. The highest BCUT2D eigenvalue weighted by atomic mass is 16.5. The van der Waals surface area contributed by atoms with Crippen LogP contribution < -0.4 is 25.8 Å². The molecule has 4 aromatic rings. The first-order valence-electron chi connectivity index (χ1n) is 11.8. The third kappa shape index (κ3) is 6.85. The van der Waals surface area contributed by atoms with Crippen LogP contribution in [0.25, 0.3) is 0 Å². The number of ether oxygens (including phenoxy) is 2. The molecule has 4 rings (SSSR count). The summed E-state index contributed by atoms with van der Waals surface area (Å²) in [5, 5.41) is 13.9. The van der Waals surface area contributed by atoms with Gasteiger partial charge in [0.15, 0.2) is 11.5 Å². The molecule has 0 spiro atoms. The number of nitrogens with two attached hydrogens (primary N) is 1. The van der Waals surface area contributed by atoms with Crippen LogP contribution in [0, 0.1) is 5.41 Å². The molecule has 188 valence electrons. The van der Waals surface area contributed by atoms with Gasteiger partial charge in [0.2, 0.25) is 5.91 Å². The summed E-state index contributed by atoms with van der Waals surface area (Å²) in [4.78, 5) is 17.7. The van der Waals surface area contributed by atoms with Crippen molar-refractivity contribution in [2.24, 2.45) is 5.73 Å². The summed E-state index contributed by atoms with van der Waals surface area (Å²) in [5.74, 6) is 0.826. The smallest absolute Gasteiger partial charge is 0.247 e. The fraction of sp³-hybridized carbons (Fsp3) is 0.138. The molecule has 0 aliphatic rings. The maximum atomic E-state index is 13.4. The molecule has 1 heterocycles. The standard InChI is InChI=1S/C29H29N5O3/c1-36-26-17-22(12-15-25(26)37-19-24-9-5-6-16-32-24)27(29(35)33-18-20-7-3-2-4-8-20)34-23-13-10-21(11-14-23)28(30)31/h2-17,27,34H,18-19H2,1H3,(H3,30,31)(H,33,35)/t27-/m0/s1. The van der Waals surface area contributed by atoms with Crippen molar-refractivity contribution in [1.29, 1.82) is 5.41 Å². The lowest BCUT2D eigenvalue weighted by Crippen LogP contribution is -2.33. The van der Waals surface area contributed by atoms with Crippen LogP contribution in [0.4, 0.5) is 5.69 Å². The minimum absolute atomic E-state index is 0.0188. The number of nitrogens with one attached hydrogen (secondary N) is 3. The van der Waals surface area contributed by atoms with Crippen molar-refractivity contribution in [1.82, 2.24) is 10.3 Å². The first-order valence-corrected chi connectivity index (χ1v) is 11.8. The average molecular weight is 496 g/mol. The van der Waals surface area contributed by atoms with Crippen molar-refractivity contribution in [2.45, 2.75) is 19.2 Å². The average Bonchev–Trinajstić information content (AvgIpc) is 2.95. The van der Waals surface area contributed by atoms with Gasteiger partial charge in [-0.05, 0) is 59.7 Å². The monoisotopic (exact) mass is 495 g/mol. The minimum Gasteiger partial charge on any atom is -0.493 e. The molecule has 37 heavy (non-hydrogen) atoms. The zero-order valence-electron chi connectivity index (χ0n) is 20.5. The zero-order valence-corrected chi connectivity index (χ0v) is 20.5. The Bertz CT molecular complexity index is 1330. The number of hydrogen-bond acceptors (Lipinski definition) is 6. The number of nitrogens with zero attached hydrogens (tertiary/aromatic N) is 1. The van der Waals surface area contributed by atoms with E-state index in [1.54, 1.807) is 49.7 Å². The molecule has 1 atom stereocenters. The topological polar surface area (TPSA) is 122 Å². The molecule has 0 aliphatic heterocycles. The second-order valence-corrected chi connectivity index (χ2v) is 8.29. The summed E-state index contributed by atoms with van der Waals surface area (Å²) >= 11 is 0. The summed E-state index contributed by atoms with van der Waals surface area (Å²) in [7, 11) is 1.56. The molecule has 0 saturated carbocycles.